The van der Waals surface area contributed by atoms with Crippen molar-refractivity contribution >= 4 is 29.5 Å². The molecule has 0 aliphatic carbocycles. The third kappa shape index (κ3) is 6.08. The van der Waals surface area contributed by atoms with Crippen LogP contribution in [0.2, 0.25) is 0 Å². The molecule has 0 bridgehead atoms. The van der Waals surface area contributed by atoms with Gasteiger partial charge in [0.1, 0.15) is 18.1 Å². The van der Waals surface area contributed by atoms with Gasteiger partial charge in [-0.2, -0.15) is 20.0 Å². The van der Waals surface area contributed by atoms with Gasteiger partial charge in [-0.15, -0.1) is 0 Å². The Hall–Kier alpha value is -4.98. The molecule has 35 heavy (non-hydrogen) atoms. The second-order valence-electron chi connectivity index (χ2n) is 7.57. The third-order valence-electron chi connectivity index (χ3n) is 5.37. The summed E-state index contributed by atoms with van der Waals surface area (Å²) in [5.74, 6) is 0. The maximum Gasteiger partial charge on any atom is 0.235 e. The molecule has 4 rings (SSSR count). The molecule has 0 heterocycles. The van der Waals surface area contributed by atoms with E-state index >= 15 is 0 Å². The maximum atomic E-state index is 10.9. The molecule has 168 valence electrons. The van der Waals surface area contributed by atoms with Crippen molar-refractivity contribution < 1.29 is 9.59 Å². The van der Waals surface area contributed by atoms with Crippen molar-refractivity contribution in [3.63, 3.8) is 0 Å². The number of benzene rings is 4. The van der Waals surface area contributed by atoms with Crippen LogP contribution in [0.15, 0.2) is 129 Å². The van der Waals surface area contributed by atoms with E-state index in [9.17, 15) is 9.59 Å². The quantitative estimate of drug-likeness (QED) is 0.219. The van der Waals surface area contributed by atoms with Gasteiger partial charge in [0.25, 0.3) is 0 Å². The van der Waals surface area contributed by atoms with Gasteiger partial charge in [-0.25, -0.2) is 9.59 Å². The first kappa shape index (κ1) is 23.2. The molecule has 6 nitrogen and oxygen atoms in total. The second kappa shape index (κ2) is 11.8. The molecule has 0 saturated heterocycles. The maximum absolute atomic E-state index is 10.9. The molecule has 0 saturated carbocycles. The lowest BCUT2D eigenvalue weighted by molar-refractivity contribution is 0.560. The molecule has 0 amide bonds. The Morgan fingerprint density at radius 1 is 0.457 bits per heavy atom. The summed E-state index contributed by atoms with van der Waals surface area (Å²) in [5, 5.41) is 0. The molecule has 0 N–H and O–H groups in total. The van der Waals surface area contributed by atoms with Crippen LogP contribution in [0.3, 0.4) is 0 Å². The van der Waals surface area contributed by atoms with Crippen LogP contribution in [0.25, 0.3) is 0 Å². The van der Waals surface area contributed by atoms with Crippen molar-refractivity contribution in [1.29, 1.82) is 0 Å². The van der Waals surface area contributed by atoms with Gasteiger partial charge >= 0.3 is 0 Å². The standard InChI is InChI=1S/C29H20N4O2/c34-20-32-28(22-7-3-1-4-8-22)24-11-15-26(16-12-24)30-19-31-27-17-13-25(14-18-27)29(33-21-35)23-9-5-2-6-10-23/h1-18,28-29H. The number of aliphatic imine (C=N–C) groups is 4. The molecule has 6 heteroatoms. The fraction of sp³-hybridized carbons (Fsp3) is 0.0690. The predicted octanol–water partition coefficient (Wildman–Crippen LogP) is 6.67. The molecular weight excluding hydrogens is 436 g/mol. The molecule has 0 aliphatic rings. The summed E-state index contributed by atoms with van der Waals surface area (Å²) in [4.78, 5) is 38.2. The van der Waals surface area contributed by atoms with E-state index in [1.807, 2.05) is 109 Å². The minimum Gasteiger partial charge on any atom is -0.211 e. The van der Waals surface area contributed by atoms with E-state index in [2.05, 4.69) is 26.0 Å². The summed E-state index contributed by atoms with van der Waals surface area (Å²) in [7, 11) is 0. The Kier molecular flexibility index (Phi) is 7.79. The van der Waals surface area contributed by atoms with Gasteiger partial charge in [0.15, 0.2) is 0 Å². The van der Waals surface area contributed by atoms with Crippen molar-refractivity contribution in [2.45, 2.75) is 12.1 Å². The zero-order chi connectivity index (χ0) is 24.3. The van der Waals surface area contributed by atoms with E-state index in [0.29, 0.717) is 11.4 Å². The van der Waals surface area contributed by atoms with Gasteiger partial charge in [-0.05, 0) is 46.5 Å². The summed E-state index contributed by atoms with van der Waals surface area (Å²) in [6, 6.07) is 35.7. The van der Waals surface area contributed by atoms with Crippen LogP contribution in [0.5, 0.6) is 0 Å². The van der Waals surface area contributed by atoms with Crippen LogP contribution in [-0.4, -0.2) is 18.2 Å². The van der Waals surface area contributed by atoms with Gasteiger partial charge in [0, 0.05) is 0 Å². The van der Waals surface area contributed by atoms with Crippen LogP contribution in [0.1, 0.15) is 34.3 Å². The largest absolute Gasteiger partial charge is 0.235 e. The first-order valence-corrected chi connectivity index (χ1v) is 10.9. The Balaban J connectivity index is 1.48. The highest BCUT2D eigenvalue weighted by molar-refractivity contribution is 5.58. The lowest BCUT2D eigenvalue weighted by Gasteiger charge is -2.11. The Bertz CT molecular complexity index is 1310. The normalized spacial score (nSPS) is 11.7. The highest BCUT2D eigenvalue weighted by Crippen LogP contribution is 2.28. The molecule has 0 aliphatic heterocycles. The van der Waals surface area contributed by atoms with E-state index in [-0.39, 0.29) is 0 Å². The SMILES string of the molecule is O=C=NC(c1ccccc1)c1ccc(N=C=Nc2ccc(C(N=C=O)c3ccccc3)cc2)cc1. The molecule has 0 radical (unpaired) electrons. The smallest absolute Gasteiger partial charge is 0.211 e. The minimum absolute atomic E-state index is 0.415. The molecule has 0 fully saturated rings. The number of carbonyl (C=O) groups excluding carboxylic acids is 2. The summed E-state index contributed by atoms with van der Waals surface area (Å²) in [6.07, 6.45) is 3.32. The summed E-state index contributed by atoms with van der Waals surface area (Å²) in [6.45, 7) is 0. The van der Waals surface area contributed by atoms with Crippen molar-refractivity contribution in [3.8, 4) is 0 Å². The van der Waals surface area contributed by atoms with Crippen LogP contribution in [0.4, 0.5) is 11.4 Å². The summed E-state index contributed by atoms with van der Waals surface area (Å²) < 4.78 is 0. The van der Waals surface area contributed by atoms with E-state index in [4.69, 9.17) is 0 Å². The predicted molar refractivity (Wildman–Crippen MR) is 135 cm³/mol. The van der Waals surface area contributed by atoms with Crippen LogP contribution in [0, 0.1) is 0 Å². The Morgan fingerprint density at radius 3 is 1.14 bits per heavy atom. The first-order chi connectivity index (χ1) is 17.3. The average molecular weight is 457 g/mol. The fourth-order valence-corrected chi connectivity index (χ4v) is 3.66. The van der Waals surface area contributed by atoms with Crippen molar-refractivity contribution in [1.82, 2.24) is 0 Å². The first-order valence-electron chi connectivity index (χ1n) is 10.9. The zero-order valence-electron chi connectivity index (χ0n) is 18.7. The lowest BCUT2D eigenvalue weighted by Crippen LogP contribution is -1.97. The average Bonchev–Trinajstić information content (AvgIpc) is 2.92. The second-order valence-corrected chi connectivity index (χ2v) is 7.57. The lowest BCUT2D eigenvalue weighted by atomic mass is 9.99. The number of hydrogen-bond donors (Lipinski definition) is 0. The third-order valence-corrected chi connectivity index (χ3v) is 5.37. The van der Waals surface area contributed by atoms with Crippen molar-refractivity contribution in [3.05, 3.63) is 131 Å². The summed E-state index contributed by atoms with van der Waals surface area (Å²) in [5.41, 5.74) is 4.87. The van der Waals surface area contributed by atoms with Crippen LogP contribution in [-0.2, 0) is 9.59 Å². The van der Waals surface area contributed by atoms with Crippen molar-refractivity contribution in [2.75, 3.05) is 0 Å². The molecule has 2 atom stereocenters. The summed E-state index contributed by atoms with van der Waals surface area (Å²) >= 11 is 0. The van der Waals surface area contributed by atoms with Gasteiger partial charge < -0.3 is 0 Å². The highest BCUT2D eigenvalue weighted by Gasteiger charge is 2.13. The van der Waals surface area contributed by atoms with E-state index in [1.54, 1.807) is 12.2 Å². The van der Waals surface area contributed by atoms with Crippen LogP contribution >= 0.6 is 0 Å². The fourth-order valence-electron chi connectivity index (χ4n) is 3.66. The Labute approximate surface area is 202 Å². The number of hydrogen-bond acceptors (Lipinski definition) is 6. The topological polar surface area (TPSA) is 83.6 Å². The monoisotopic (exact) mass is 456 g/mol. The number of rotatable bonds is 8. The molecular formula is C29H20N4O2. The molecule has 0 spiro atoms. The van der Waals surface area contributed by atoms with E-state index in [0.717, 1.165) is 22.3 Å². The molecule has 4 aromatic carbocycles. The molecule has 4 aromatic rings. The van der Waals surface area contributed by atoms with Gasteiger partial charge in [-0.1, -0.05) is 84.9 Å². The van der Waals surface area contributed by atoms with Gasteiger partial charge in [-0.3, -0.25) is 0 Å². The molecule has 0 aromatic heterocycles. The zero-order valence-corrected chi connectivity index (χ0v) is 18.7. The van der Waals surface area contributed by atoms with E-state index in [1.165, 1.54) is 0 Å². The number of isocyanates is 2. The Morgan fingerprint density at radius 2 is 0.800 bits per heavy atom. The number of nitrogens with zero attached hydrogens (tertiary/aromatic N) is 4. The minimum atomic E-state index is -0.415. The van der Waals surface area contributed by atoms with Gasteiger partial charge in [0.2, 0.25) is 12.2 Å². The van der Waals surface area contributed by atoms with Crippen LogP contribution < -0.4 is 0 Å². The van der Waals surface area contributed by atoms with E-state index < -0.39 is 12.1 Å². The van der Waals surface area contributed by atoms with Gasteiger partial charge in [0.05, 0.1) is 11.4 Å². The van der Waals surface area contributed by atoms with Crippen molar-refractivity contribution in [2.24, 2.45) is 20.0 Å². The highest BCUT2D eigenvalue weighted by atomic mass is 16.1. The molecule has 2 unspecified atom stereocenters.